The summed E-state index contributed by atoms with van der Waals surface area (Å²) in [6, 6.07) is 11.4. The number of benzene rings is 2. The first-order valence-corrected chi connectivity index (χ1v) is 15.0. The van der Waals surface area contributed by atoms with Crippen molar-refractivity contribution in [2.24, 2.45) is 0 Å². The van der Waals surface area contributed by atoms with Gasteiger partial charge in [0.2, 0.25) is 0 Å². The zero-order valence-corrected chi connectivity index (χ0v) is 27.0. The minimum absolute atomic E-state index is 0.332. The summed E-state index contributed by atoms with van der Waals surface area (Å²) in [4.78, 5) is 24.7. The number of morpholine rings is 2. The Morgan fingerprint density at radius 2 is 1.33 bits per heavy atom. The van der Waals surface area contributed by atoms with Gasteiger partial charge in [-0.1, -0.05) is 12.1 Å². The van der Waals surface area contributed by atoms with Gasteiger partial charge in [0.1, 0.15) is 11.5 Å². The second kappa shape index (κ2) is 21.3. The first kappa shape index (κ1) is 35.8. The highest BCUT2D eigenvalue weighted by atomic mass is 79.9. The second-order valence-electron chi connectivity index (χ2n) is 8.96. The molecule has 0 aromatic heterocycles. The summed E-state index contributed by atoms with van der Waals surface area (Å²) in [7, 11) is 3.27. The van der Waals surface area contributed by atoms with Gasteiger partial charge in [-0.05, 0) is 77.3 Å². The molecule has 2 aromatic rings. The quantitative estimate of drug-likeness (QED) is 0.299. The van der Waals surface area contributed by atoms with Crippen LogP contribution >= 0.6 is 15.9 Å². The van der Waals surface area contributed by atoms with E-state index in [0.29, 0.717) is 26.4 Å². The van der Waals surface area contributed by atoms with E-state index in [0.717, 1.165) is 72.2 Å². The molecular weight excluding hydrogens is 620 g/mol. The highest BCUT2D eigenvalue weighted by molar-refractivity contribution is 9.10. The van der Waals surface area contributed by atoms with Crippen molar-refractivity contribution in [3.05, 3.63) is 64.1 Å². The molecule has 4 rings (SSSR count). The van der Waals surface area contributed by atoms with Gasteiger partial charge in [-0.2, -0.15) is 0 Å². The first-order chi connectivity index (χ1) is 20.9. The number of hydrogen-bond acceptors (Lipinski definition) is 10. The Hall–Kier alpha value is -3.38. The van der Waals surface area contributed by atoms with Crippen molar-refractivity contribution < 1.29 is 38.0 Å². The molecule has 0 atom stereocenters. The van der Waals surface area contributed by atoms with Crippen molar-refractivity contribution in [3.8, 4) is 11.5 Å². The molecule has 236 valence electrons. The molecule has 2 aromatic carbocycles. The van der Waals surface area contributed by atoms with Crippen LogP contribution in [-0.2, 0) is 28.5 Å². The zero-order valence-electron chi connectivity index (χ0n) is 25.4. The van der Waals surface area contributed by atoms with Gasteiger partial charge < -0.3 is 38.6 Å². The molecule has 0 radical (unpaired) electrons. The third-order valence-electron chi connectivity index (χ3n) is 5.97. The molecular formula is C32H43BrN2O8. The van der Waals surface area contributed by atoms with E-state index >= 15 is 0 Å². The maximum absolute atomic E-state index is 11.4. The highest BCUT2D eigenvalue weighted by Gasteiger charge is 2.15. The van der Waals surface area contributed by atoms with E-state index in [2.05, 4.69) is 26.1 Å². The van der Waals surface area contributed by atoms with E-state index in [4.69, 9.17) is 28.4 Å². The molecule has 0 spiro atoms. The van der Waals surface area contributed by atoms with Crippen LogP contribution in [0.4, 0.5) is 5.69 Å². The Labute approximate surface area is 263 Å². The lowest BCUT2D eigenvalue weighted by Crippen LogP contribution is -2.36. The number of methoxy groups -OCH3 is 2. The van der Waals surface area contributed by atoms with Gasteiger partial charge in [0.05, 0.1) is 64.0 Å². The average molecular weight is 664 g/mol. The first-order valence-electron chi connectivity index (χ1n) is 14.2. The van der Waals surface area contributed by atoms with Gasteiger partial charge in [-0.25, -0.2) is 9.59 Å². The van der Waals surface area contributed by atoms with Crippen molar-refractivity contribution in [2.45, 2.75) is 13.8 Å². The van der Waals surface area contributed by atoms with Crippen molar-refractivity contribution >= 4 is 45.7 Å². The van der Waals surface area contributed by atoms with Crippen LogP contribution in [-0.4, -0.2) is 92.0 Å². The van der Waals surface area contributed by atoms with Crippen LogP contribution < -0.4 is 19.7 Å². The summed E-state index contributed by atoms with van der Waals surface area (Å²) in [5, 5.41) is 3.16. The fourth-order valence-electron chi connectivity index (χ4n) is 3.87. The maximum atomic E-state index is 11.4. The van der Waals surface area contributed by atoms with Gasteiger partial charge >= 0.3 is 11.9 Å². The standard InChI is InChI=1S/C16H21NO4.C12H13BrO3.C4H9NO/c1-3-21-16(18)7-5-13-4-6-15(19-2)14(12-13)17-8-10-20-11-9-17;1-3-16-12(14)7-5-9-4-6-11(15-2)10(13)8-9;1-3-6-4-2-5-1/h4-7,12H,3,8-11H2,1-2H3;4-8H,3H2,1-2H3;5H,1-4H2/b2*7-5+;. The molecule has 0 saturated carbocycles. The molecule has 2 aliphatic rings. The second-order valence-corrected chi connectivity index (χ2v) is 9.81. The monoisotopic (exact) mass is 662 g/mol. The Balaban J connectivity index is 0.000000257. The van der Waals surface area contributed by atoms with Crippen LogP contribution in [0.3, 0.4) is 0 Å². The summed E-state index contributed by atoms with van der Waals surface area (Å²) in [5.41, 5.74) is 2.86. The van der Waals surface area contributed by atoms with E-state index in [-0.39, 0.29) is 11.9 Å². The van der Waals surface area contributed by atoms with E-state index in [1.165, 1.54) is 12.2 Å². The summed E-state index contributed by atoms with van der Waals surface area (Å²) < 4.78 is 31.4. The topological polar surface area (TPSA) is 105 Å². The lowest BCUT2D eigenvalue weighted by molar-refractivity contribution is -0.138. The molecule has 2 fully saturated rings. The van der Waals surface area contributed by atoms with E-state index in [1.54, 1.807) is 40.2 Å². The number of nitrogens with one attached hydrogen (secondary N) is 1. The maximum Gasteiger partial charge on any atom is 0.330 e. The third-order valence-corrected chi connectivity index (χ3v) is 6.59. The van der Waals surface area contributed by atoms with Crippen molar-refractivity contribution in [1.82, 2.24) is 5.32 Å². The number of nitrogens with zero attached hydrogens (tertiary/aromatic N) is 1. The molecule has 2 saturated heterocycles. The fraction of sp³-hybridized carbons (Fsp3) is 0.438. The molecule has 0 aliphatic carbocycles. The highest BCUT2D eigenvalue weighted by Crippen LogP contribution is 2.30. The number of carbonyl (C=O) groups is 2. The van der Waals surface area contributed by atoms with E-state index < -0.39 is 0 Å². The number of halogens is 1. The lowest BCUT2D eigenvalue weighted by Gasteiger charge is -2.30. The van der Waals surface area contributed by atoms with Crippen molar-refractivity contribution in [3.63, 3.8) is 0 Å². The van der Waals surface area contributed by atoms with Crippen molar-refractivity contribution in [1.29, 1.82) is 0 Å². The molecule has 43 heavy (non-hydrogen) atoms. The van der Waals surface area contributed by atoms with Crippen LogP contribution in [0.2, 0.25) is 0 Å². The van der Waals surface area contributed by atoms with Crippen LogP contribution in [0.25, 0.3) is 12.2 Å². The van der Waals surface area contributed by atoms with Gasteiger partial charge in [-0.3, -0.25) is 0 Å². The van der Waals surface area contributed by atoms with Gasteiger partial charge in [0.15, 0.2) is 0 Å². The van der Waals surface area contributed by atoms with Crippen LogP contribution in [0.1, 0.15) is 25.0 Å². The van der Waals surface area contributed by atoms with Crippen molar-refractivity contribution in [2.75, 3.05) is 84.9 Å². The molecule has 10 nitrogen and oxygen atoms in total. The average Bonchev–Trinajstić information content (AvgIpc) is 3.05. The molecule has 0 bridgehead atoms. The van der Waals surface area contributed by atoms with Crippen LogP contribution in [0, 0.1) is 0 Å². The van der Waals surface area contributed by atoms with Gasteiger partial charge in [0.25, 0.3) is 0 Å². The summed E-state index contributed by atoms with van der Waals surface area (Å²) in [5.74, 6) is 0.911. The van der Waals surface area contributed by atoms with Gasteiger partial charge in [0, 0.05) is 38.3 Å². The predicted molar refractivity (Wildman–Crippen MR) is 172 cm³/mol. The Morgan fingerprint density at radius 3 is 1.77 bits per heavy atom. The minimum Gasteiger partial charge on any atom is -0.496 e. The number of ether oxygens (including phenoxy) is 6. The molecule has 2 heterocycles. The molecule has 11 heteroatoms. The lowest BCUT2D eigenvalue weighted by atomic mass is 10.1. The molecule has 0 unspecified atom stereocenters. The summed E-state index contributed by atoms with van der Waals surface area (Å²) in [6.45, 7) is 11.3. The molecule has 0 amide bonds. The number of anilines is 1. The third kappa shape index (κ3) is 14.1. The largest absolute Gasteiger partial charge is 0.496 e. The Bertz CT molecular complexity index is 1170. The normalized spacial score (nSPS) is 14.7. The SMILES string of the molecule is C1COCCN1.CCOC(=O)/C=C/c1ccc(OC)c(Br)c1.CCOC(=O)/C=C/c1ccc(OC)c(N2CCOCC2)c1. The van der Waals surface area contributed by atoms with Crippen LogP contribution in [0.15, 0.2) is 53.0 Å². The zero-order chi connectivity index (χ0) is 31.3. The summed E-state index contributed by atoms with van der Waals surface area (Å²) >= 11 is 3.37. The fourth-order valence-corrected chi connectivity index (χ4v) is 4.43. The van der Waals surface area contributed by atoms with Crippen LogP contribution in [0.5, 0.6) is 11.5 Å². The number of carbonyl (C=O) groups excluding carboxylic acids is 2. The Morgan fingerprint density at radius 1 is 0.814 bits per heavy atom. The number of rotatable bonds is 9. The van der Waals surface area contributed by atoms with Gasteiger partial charge in [-0.15, -0.1) is 0 Å². The van der Waals surface area contributed by atoms with E-state index in [9.17, 15) is 9.59 Å². The summed E-state index contributed by atoms with van der Waals surface area (Å²) in [6.07, 6.45) is 6.29. The molecule has 1 N–H and O–H groups in total. The number of hydrogen-bond donors (Lipinski definition) is 1. The predicted octanol–water partition coefficient (Wildman–Crippen LogP) is 4.75. The molecule has 2 aliphatic heterocycles. The van der Waals surface area contributed by atoms with E-state index in [1.807, 2.05) is 36.4 Å². The number of esters is 2. The smallest absolute Gasteiger partial charge is 0.330 e. The Kier molecular flexibility index (Phi) is 17.8. The minimum atomic E-state index is -0.338.